The number of rotatable bonds is 4. The summed E-state index contributed by atoms with van der Waals surface area (Å²) in [5.41, 5.74) is 0.126. The normalized spacial score (nSPS) is 12.2. The second-order valence-electron chi connectivity index (χ2n) is 4.35. The van der Waals surface area contributed by atoms with Crippen molar-refractivity contribution in [2.45, 2.75) is 6.04 Å². The Morgan fingerprint density at radius 2 is 2.00 bits per heavy atom. The van der Waals surface area contributed by atoms with Crippen LogP contribution in [0, 0.1) is 17.5 Å². The molecule has 2 rings (SSSR count). The first-order chi connectivity index (χ1) is 9.93. The molecular weight excluding hydrogens is 287 g/mol. The molecule has 5 nitrogen and oxygen atoms in total. The first kappa shape index (κ1) is 15.0. The van der Waals surface area contributed by atoms with Gasteiger partial charge in [-0.25, -0.2) is 13.2 Å². The quantitative estimate of drug-likeness (QED) is 0.836. The van der Waals surface area contributed by atoms with Crippen molar-refractivity contribution in [2.75, 3.05) is 6.61 Å². The zero-order chi connectivity index (χ0) is 15.6. The van der Waals surface area contributed by atoms with E-state index in [1.54, 1.807) is 7.05 Å². The van der Waals surface area contributed by atoms with Crippen LogP contribution < -0.4 is 5.32 Å². The Labute approximate surface area is 118 Å². The van der Waals surface area contributed by atoms with E-state index in [2.05, 4.69) is 10.4 Å². The summed E-state index contributed by atoms with van der Waals surface area (Å²) < 4.78 is 40.6. The molecule has 0 aliphatic carbocycles. The molecule has 2 aromatic rings. The molecule has 0 radical (unpaired) electrons. The number of aryl methyl sites for hydroxylation is 1. The van der Waals surface area contributed by atoms with E-state index in [1.165, 1.54) is 16.9 Å². The number of carbonyl (C=O) groups excluding carboxylic acids is 1. The van der Waals surface area contributed by atoms with Gasteiger partial charge in [0.05, 0.1) is 12.6 Å². The van der Waals surface area contributed by atoms with Crippen molar-refractivity contribution >= 4 is 5.91 Å². The molecule has 1 amide bonds. The number of hydrogen-bond acceptors (Lipinski definition) is 3. The minimum Gasteiger partial charge on any atom is -0.394 e. The molecule has 2 N–H and O–H groups in total. The van der Waals surface area contributed by atoms with Crippen LogP contribution in [0.5, 0.6) is 0 Å². The van der Waals surface area contributed by atoms with Crippen LogP contribution in [0.25, 0.3) is 0 Å². The van der Waals surface area contributed by atoms with Crippen LogP contribution in [0.4, 0.5) is 13.2 Å². The van der Waals surface area contributed by atoms with Crippen molar-refractivity contribution in [2.24, 2.45) is 7.05 Å². The fourth-order valence-electron chi connectivity index (χ4n) is 1.84. The topological polar surface area (TPSA) is 67.2 Å². The van der Waals surface area contributed by atoms with Crippen LogP contribution in [-0.2, 0) is 7.05 Å². The standard InChI is InChI=1S/C13H12F3N3O2/c1-19-11(2-3-17-19)13(21)18-10(6-20)7-4-8(14)12(16)9(15)5-7/h2-5,10,20H,6H2,1H3,(H,18,21). The molecule has 1 heterocycles. The summed E-state index contributed by atoms with van der Waals surface area (Å²) in [6, 6.07) is 1.82. The maximum atomic E-state index is 13.2. The van der Waals surface area contributed by atoms with Gasteiger partial charge in [0, 0.05) is 13.2 Å². The molecular formula is C13H12F3N3O2. The largest absolute Gasteiger partial charge is 0.394 e. The van der Waals surface area contributed by atoms with Gasteiger partial charge in [-0.05, 0) is 23.8 Å². The van der Waals surface area contributed by atoms with Crippen molar-refractivity contribution < 1.29 is 23.1 Å². The third-order valence-corrected chi connectivity index (χ3v) is 2.95. The van der Waals surface area contributed by atoms with Gasteiger partial charge in [0.1, 0.15) is 5.69 Å². The number of nitrogens with one attached hydrogen (secondary N) is 1. The van der Waals surface area contributed by atoms with Crippen molar-refractivity contribution in [1.29, 1.82) is 0 Å². The van der Waals surface area contributed by atoms with Gasteiger partial charge >= 0.3 is 0 Å². The summed E-state index contributed by atoms with van der Waals surface area (Å²) in [6.07, 6.45) is 1.40. The van der Waals surface area contributed by atoms with Gasteiger partial charge in [-0.1, -0.05) is 0 Å². The number of aliphatic hydroxyl groups is 1. The minimum absolute atomic E-state index is 0.0792. The van der Waals surface area contributed by atoms with Crippen molar-refractivity contribution in [3.8, 4) is 0 Å². The molecule has 0 bridgehead atoms. The van der Waals surface area contributed by atoms with Crippen LogP contribution in [0.15, 0.2) is 24.4 Å². The fraction of sp³-hybridized carbons (Fsp3) is 0.231. The molecule has 0 spiro atoms. The average Bonchev–Trinajstić information content (AvgIpc) is 2.87. The van der Waals surface area contributed by atoms with E-state index in [0.717, 1.165) is 12.1 Å². The third-order valence-electron chi connectivity index (χ3n) is 2.95. The second-order valence-corrected chi connectivity index (χ2v) is 4.35. The van der Waals surface area contributed by atoms with Crippen LogP contribution in [0.1, 0.15) is 22.1 Å². The maximum Gasteiger partial charge on any atom is 0.270 e. The molecule has 0 fully saturated rings. The van der Waals surface area contributed by atoms with Gasteiger partial charge in [0.25, 0.3) is 5.91 Å². The van der Waals surface area contributed by atoms with Crippen molar-refractivity contribution in [3.63, 3.8) is 0 Å². The first-order valence-electron chi connectivity index (χ1n) is 5.98. The van der Waals surface area contributed by atoms with Gasteiger partial charge < -0.3 is 10.4 Å². The summed E-state index contributed by atoms with van der Waals surface area (Å²) in [5, 5.41) is 15.5. The van der Waals surface area contributed by atoms with E-state index in [1.807, 2.05) is 0 Å². The number of amides is 1. The Morgan fingerprint density at radius 3 is 2.48 bits per heavy atom. The summed E-state index contributed by atoms with van der Waals surface area (Å²) >= 11 is 0. The number of halogens is 3. The number of aromatic nitrogens is 2. The number of carbonyl (C=O) groups is 1. The van der Waals surface area contributed by atoms with Crippen LogP contribution in [0.3, 0.4) is 0 Å². The molecule has 21 heavy (non-hydrogen) atoms. The molecule has 1 aromatic carbocycles. The maximum absolute atomic E-state index is 13.2. The highest BCUT2D eigenvalue weighted by molar-refractivity contribution is 5.92. The first-order valence-corrected chi connectivity index (χ1v) is 5.98. The van der Waals surface area contributed by atoms with E-state index in [-0.39, 0.29) is 11.3 Å². The molecule has 8 heteroatoms. The number of hydrogen-bond donors (Lipinski definition) is 2. The molecule has 1 aromatic heterocycles. The Hall–Kier alpha value is -2.35. The van der Waals surface area contributed by atoms with Crippen LogP contribution in [-0.4, -0.2) is 27.4 Å². The minimum atomic E-state index is -1.60. The molecule has 0 saturated carbocycles. The van der Waals surface area contributed by atoms with E-state index in [9.17, 15) is 23.1 Å². The molecule has 0 aliphatic heterocycles. The summed E-state index contributed by atoms with van der Waals surface area (Å²) in [4.78, 5) is 12.0. The molecule has 112 valence electrons. The second kappa shape index (κ2) is 5.96. The summed E-state index contributed by atoms with van der Waals surface area (Å²) in [7, 11) is 1.54. The lowest BCUT2D eigenvalue weighted by Crippen LogP contribution is -2.32. The Kier molecular flexibility index (Phi) is 4.27. The summed E-state index contributed by atoms with van der Waals surface area (Å²) in [5.74, 6) is -4.97. The summed E-state index contributed by atoms with van der Waals surface area (Å²) in [6.45, 7) is -0.603. The number of aliphatic hydroxyl groups excluding tert-OH is 1. The van der Waals surface area contributed by atoms with Gasteiger partial charge in [-0.2, -0.15) is 5.10 Å². The Bertz CT molecular complexity index is 649. The van der Waals surface area contributed by atoms with Gasteiger partial charge in [0.2, 0.25) is 0 Å². The lowest BCUT2D eigenvalue weighted by molar-refractivity contribution is 0.0906. The van der Waals surface area contributed by atoms with Crippen molar-refractivity contribution in [1.82, 2.24) is 15.1 Å². The molecule has 1 unspecified atom stereocenters. The smallest absolute Gasteiger partial charge is 0.270 e. The van der Waals surface area contributed by atoms with Gasteiger partial charge in [-0.3, -0.25) is 9.48 Å². The predicted octanol–water partition coefficient (Wildman–Crippen LogP) is 1.30. The molecule has 0 saturated heterocycles. The fourth-order valence-corrected chi connectivity index (χ4v) is 1.84. The lowest BCUT2D eigenvalue weighted by Gasteiger charge is -2.17. The average molecular weight is 299 g/mol. The molecule has 1 atom stereocenters. The molecule has 0 aliphatic rings. The van der Waals surface area contributed by atoms with E-state index in [4.69, 9.17) is 0 Å². The highest BCUT2D eigenvalue weighted by Crippen LogP contribution is 2.19. The lowest BCUT2D eigenvalue weighted by atomic mass is 10.1. The zero-order valence-corrected chi connectivity index (χ0v) is 11.0. The predicted molar refractivity (Wildman–Crippen MR) is 66.8 cm³/mol. The van der Waals surface area contributed by atoms with E-state index in [0.29, 0.717) is 0 Å². The van der Waals surface area contributed by atoms with E-state index >= 15 is 0 Å². The Balaban J connectivity index is 2.25. The van der Waals surface area contributed by atoms with Gasteiger partial charge in [0.15, 0.2) is 17.5 Å². The third kappa shape index (κ3) is 3.05. The number of nitrogens with zero attached hydrogens (tertiary/aromatic N) is 2. The SMILES string of the molecule is Cn1nccc1C(=O)NC(CO)c1cc(F)c(F)c(F)c1. The highest BCUT2D eigenvalue weighted by atomic mass is 19.2. The van der Waals surface area contributed by atoms with E-state index < -0.39 is 36.0 Å². The zero-order valence-electron chi connectivity index (χ0n) is 11.0. The Morgan fingerprint density at radius 1 is 1.38 bits per heavy atom. The van der Waals surface area contributed by atoms with Crippen molar-refractivity contribution in [3.05, 3.63) is 53.1 Å². The number of benzene rings is 1. The monoisotopic (exact) mass is 299 g/mol. The van der Waals surface area contributed by atoms with Crippen LogP contribution >= 0.6 is 0 Å². The highest BCUT2D eigenvalue weighted by Gasteiger charge is 2.20. The van der Waals surface area contributed by atoms with Gasteiger partial charge in [-0.15, -0.1) is 0 Å². The van der Waals surface area contributed by atoms with Crippen LogP contribution in [0.2, 0.25) is 0 Å².